The van der Waals surface area contributed by atoms with Crippen molar-refractivity contribution in [3.8, 4) is 0 Å². The quantitative estimate of drug-likeness (QED) is 0.380. The van der Waals surface area contributed by atoms with Gasteiger partial charge in [0.2, 0.25) is 0 Å². The minimum Gasteiger partial charge on any atom is -0.396 e. The van der Waals surface area contributed by atoms with E-state index in [0.717, 1.165) is 6.42 Å². The summed E-state index contributed by atoms with van der Waals surface area (Å²) in [7, 11) is 0. The van der Waals surface area contributed by atoms with Crippen molar-refractivity contribution in [1.29, 1.82) is 0 Å². The molecule has 0 aliphatic carbocycles. The van der Waals surface area contributed by atoms with Crippen LogP contribution in [0.4, 0.5) is 22.7 Å². The lowest BCUT2D eigenvalue weighted by atomic mass is 10.0. The number of nitrogen functional groups attached to an aromatic ring is 4. The van der Waals surface area contributed by atoms with E-state index >= 15 is 0 Å². The van der Waals surface area contributed by atoms with Crippen LogP contribution in [-0.2, 0) is 0 Å². The average Bonchev–Trinajstić information content (AvgIpc) is 2.24. The van der Waals surface area contributed by atoms with Gasteiger partial charge >= 0.3 is 0 Å². The van der Waals surface area contributed by atoms with Crippen LogP contribution in [0.15, 0.2) is 0 Å². The summed E-state index contributed by atoms with van der Waals surface area (Å²) in [6.07, 6.45) is 1.17. The van der Waals surface area contributed by atoms with Crippen molar-refractivity contribution in [1.82, 2.24) is 0 Å². The van der Waals surface area contributed by atoms with Crippen molar-refractivity contribution >= 4 is 51.1 Å². The summed E-state index contributed by atoms with van der Waals surface area (Å²) in [4.78, 5) is 11.9. The van der Waals surface area contributed by atoms with Gasteiger partial charge in [-0.15, -0.1) is 0 Å². The van der Waals surface area contributed by atoms with Crippen molar-refractivity contribution in [2.75, 3.05) is 22.9 Å². The second-order valence-corrected chi connectivity index (χ2v) is 4.60. The van der Waals surface area contributed by atoms with Crippen molar-refractivity contribution in [2.45, 2.75) is 19.8 Å². The molecule has 0 radical (unpaired) electrons. The second-order valence-electron chi connectivity index (χ2n) is 3.52. The van der Waals surface area contributed by atoms with E-state index in [-0.39, 0.29) is 22.8 Å². The lowest BCUT2D eigenvalue weighted by Gasteiger charge is -2.15. The number of anilines is 4. The van der Waals surface area contributed by atoms with E-state index < -0.39 is 0 Å². The van der Waals surface area contributed by atoms with Gasteiger partial charge in [0, 0.05) is 6.42 Å². The van der Waals surface area contributed by atoms with E-state index in [1.807, 2.05) is 29.5 Å². The van der Waals surface area contributed by atoms with Gasteiger partial charge in [-0.3, -0.25) is 4.79 Å². The molecule has 6 heteroatoms. The lowest BCUT2D eigenvalue weighted by molar-refractivity contribution is 0.0982. The molecular weight excluding hydrogens is 319 g/mol. The zero-order valence-corrected chi connectivity index (χ0v) is 11.2. The molecule has 88 valence electrons. The van der Waals surface area contributed by atoms with Gasteiger partial charge in [0.1, 0.15) is 0 Å². The number of halogens is 1. The Balaban J connectivity index is 3.45. The first kappa shape index (κ1) is 12.9. The molecule has 8 N–H and O–H groups in total. The molecule has 0 spiro atoms. The van der Waals surface area contributed by atoms with Crippen molar-refractivity contribution in [3.63, 3.8) is 0 Å². The Morgan fingerprint density at radius 2 is 1.56 bits per heavy atom. The maximum absolute atomic E-state index is 11.9. The first-order chi connectivity index (χ1) is 7.41. The van der Waals surface area contributed by atoms with Gasteiger partial charge in [0.05, 0.1) is 31.9 Å². The Kier molecular flexibility index (Phi) is 3.84. The molecule has 0 heterocycles. The first-order valence-electron chi connectivity index (χ1n) is 4.86. The summed E-state index contributed by atoms with van der Waals surface area (Å²) < 4.78 is 0.584. The van der Waals surface area contributed by atoms with Crippen LogP contribution in [0, 0.1) is 3.57 Å². The van der Waals surface area contributed by atoms with Crippen LogP contribution in [0.5, 0.6) is 0 Å². The fraction of sp³-hybridized carbons (Fsp3) is 0.300. The number of carbonyl (C=O) groups excluding carboxylic acids is 1. The molecule has 0 saturated heterocycles. The number of carbonyl (C=O) groups is 1. The smallest absolute Gasteiger partial charge is 0.166 e. The number of ketones is 1. The lowest BCUT2D eigenvalue weighted by Crippen LogP contribution is -2.13. The van der Waals surface area contributed by atoms with Gasteiger partial charge in [-0.25, -0.2) is 0 Å². The highest BCUT2D eigenvalue weighted by Crippen LogP contribution is 2.37. The third-order valence-corrected chi connectivity index (χ3v) is 3.47. The first-order valence-corrected chi connectivity index (χ1v) is 5.94. The zero-order chi connectivity index (χ0) is 12.5. The molecule has 5 nitrogen and oxygen atoms in total. The Labute approximate surface area is 108 Å². The van der Waals surface area contributed by atoms with Gasteiger partial charge in [0.15, 0.2) is 5.78 Å². The molecule has 1 aromatic carbocycles. The minimum absolute atomic E-state index is 0.0530. The molecule has 0 amide bonds. The van der Waals surface area contributed by atoms with Gasteiger partial charge in [-0.2, -0.15) is 0 Å². The van der Waals surface area contributed by atoms with Gasteiger partial charge in [0.25, 0.3) is 0 Å². The SMILES string of the molecule is CCCC(=O)c1c(N)c(N)c(N)c(N)c1I. The topological polar surface area (TPSA) is 121 Å². The fourth-order valence-electron chi connectivity index (χ4n) is 1.42. The predicted molar refractivity (Wildman–Crippen MR) is 76.0 cm³/mol. The third kappa shape index (κ3) is 2.01. The van der Waals surface area contributed by atoms with Crippen molar-refractivity contribution in [2.24, 2.45) is 0 Å². The summed E-state index contributed by atoms with van der Waals surface area (Å²) in [5, 5.41) is 0. The number of hydrogen-bond donors (Lipinski definition) is 4. The van der Waals surface area contributed by atoms with E-state index in [1.165, 1.54) is 0 Å². The largest absolute Gasteiger partial charge is 0.396 e. The summed E-state index contributed by atoms with van der Waals surface area (Å²) >= 11 is 1.97. The van der Waals surface area contributed by atoms with Gasteiger partial charge in [-0.1, -0.05) is 6.92 Å². The van der Waals surface area contributed by atoms with E-state index in [2.05, 4.69) is 0 Å². The minimum atomic E-state index is -0.0530. The molecule has 0 aliphatic heterocycles. The average molecular weight is 334 g/mol. The standard InChI is InChI=1S/C10H15IN4O/c1-2-3-4(16)5-6(11)8(13)10(15)9(14)7(5)12/h2-3,12-15H2,1H3. The molecule has 0 aromatic heterocycles. The van der Waals surface area contributed by atoms with Crippen molar-refractivity contribution < 1.29 is 4.79 Å². The predicted octanol–water partition coefficient (Wildman–Crippen LogP) is 1.60. The number of rotatable bonds is 3. The summed E-state index contributed by atoms with van der Waals surface area (Å²) in [5.74, 6) is -0.0530. The summed E-state index contributed by atoms with van der Waals surface area (Å²) in [5.41, 5.74) is 24.3. The van der Waals surface area contributed by atoms with Crippen LogP contribution < -0.4 is 22.9 Å². The maximum atomic E-state index is 11.9. The third-order valence-electron chi connectivity index (χ3n) is 2.35. The van der Waals surface area contributed by atoms with Crippen LogP contribution in [0.1, 0.15) is 30.1 Å². The highest BCUT2D eigenvalue weighted by atomic mass is 127. The molecule has 0 atom stereocenters. The summed E-state index contributed by atoms with van der Waals surface area (Å²) in [6, 6.07) is 0. The number of nitrogens with two attached hydrogens (primary N) is 4. The molecule has 0 saturated carbocycles. The zero-order valence-electron chi connectivity index (χ0n) is 9.01. The molecular formula is C10H15IN4O. The van der Waals surface area contributed by atoms with E-state index in [9.17, 15) is 4.79 Å². The van der Waals surface area contributed by atoms with Crippen LogP contribution in [-0.4, -0.2) is 5.78 Å². The molecule has 0 fully saturated rings. The highest BCUT2D eigenvalue weighted by molar-refractivity contribution is 14.1. The molecule has 1 rings (SSSR count). The molecule has 0 aliphatic rings. The van der Waals surface area contributed by atoms with E-state index in [4.69, 9.17) is 22.9 Å². The van der Waals surface area contributed by atoms with Crippen LogP contribution in [0.3, 0.4) is 0 Å². The number of hydrogen-bond acceptors (Lipinski definition) is 5. The molecule has 0 unspecified atom stereocenters. The fourth-order valence-corrected chi connectivity index (χ4v) is 2.30. The molecule has 1 aromatic rings. The Morgan fingerprint density at radius 3 is 2.06 bits per heavy atom. The Bertz CT molecular complexity index is 416. The normalized spacial score (nSPS) is 10.4. The molecule has 16 heavy (non-hydrogen) atoms. The molecule has 0 bridgehead atoms. The maximum Gasteiger partial charge on any atom is 0.166 e. The monoisotopic (exact) mass is 334 g/mol. The summed E-state index contributed by atoms with van der Waals surface area (Å²) in [6.45, 7) is 1.92. The Morgan fingerprint density at radius 1 is 1.06 bits per heavy atom. The Hall–Kier alpha value is -1.18. The van der Waals surface area contributed by atoms with Gasteiger partial charge in [-0.05, 0) is 29.0 Å². The van der Waals surface area contributed by atoms with Gasteiger partial charge < -0.3 is 22.9 Å². The van der Waals surface area contributed by atoms with E-state index in [1.54, 1.807) is 0 Å². The van der Waals surface area contributed by atoms with E-state index in [0.29, 0.717) is 21.2 Å². The van der Waals surface area contributed by atoms with Crippen LogP contribution >= 0.6 is 22.6 Å². The van der Waals surface area contributed by atoms with Crippen LogP contribution in [0.2, 0.25) is 0 Å². The number of benzene rings is 1. The van der Waals surface area contributed by atoms with Crippen LogP contribution in [0.25, 0.3) is 0 Å². The second kappa shape index (κ2) is 4.77. The number of Topliss-reactive ketones (excluding diaryl/α,β-unsaturated/α-hetero) is 1. The van der Waals surface area contributed by atoms with Crippen molar-refractivity contribution in [3.05, 3.63) is 9.13 Å². The highest BCUT2D eigenvalue weighted by Gasteiger charge is 2.20.